The summed E-state index contributed by atoms with van der Waals surface area (Å²) in [6, 6.07) is 4.13. The van der Waals surface area contributed by atoms with Gasteiger partial charge < -0.3 is 9.67 Å². The molecule has 2 aromatic rings. The third-order valence-electron chi connectivity index (χ3n) is 2.65. The van der Waals surface area contributed by atoms with E-state index in [9.17, 15) is 18.0 Å². The van der Waals surface area contributed by atoms with Crippen LogP contribution in [0.1, 0.15) is 16.1 Å². The molecule has 0 amide bonds. The second kappa shape index (κ2) is 3.91. The Morgan fingerprint density at radius 1 is 1.39 bits per heavy atom. The van der Waals surface area contributed by atoms with Crippen molar-refractivity contribution < 1.29 is 23.1 Å². The summed E-state index contributed by atoms with van der Waals surface area (Å²) in [5.74, 6) is -1.63. The molecule has 0 aliphatic heterocycles. The second-order valence-corrected chi connectivity index (χ2v) is 4.13. The zero-order valence-electron chi connectivity index (χ0n) is 9.05. The maximum atomic E-state index is 12.9. The van der Waals surface area contributed by atoms with Gasteiger partial charge in [-0.15, -0.1) is 0 Å². The van der Waals surface area contributed by atoms with Crippen LogP contribution in [0.15, 0.2) is 18.2 Å². The third-order valence-corrected chi connectivity index (χ3v) is 2.95. The van der Waals surface area contributed by atoms with Gasteiger partial charge in [-0.3, -0.25) is 0 Å². The van der Waals surface area contributed by atoms with Gasteiger partial charge in [0.25, 0.3) is 0 Å². The summed E-state index contributed by atoms with van der Waals surface area (Å²) in [4.78, 5) is 11.1. The summed E-state index contributed by atoms with van der Waals surface area (Å²) in [7, 11) is 1.14. The first-order valence-corrected chi connectivity index (χ1v) is 5.20. The molecule has 0 atom stereocenters. The Kier molecular flexibility index (Phi) is 2.77. The molecular weight excluding hydrogens is 271 g/mol. The summed E-state index contributed by atoms with van der Waals surface area (Å²) < 4.78 is 39.5. The molecule has 0 spiro atoms. The molecule has 0 bridgehead atoms. The van der Waals surface area contributed by atoms with Crippen LogP contribution < -0.4 is 0 Å². The Bertz CT molecular complexity index is 646. The van der Waals surface area contributed by atoms with Crippen LogP contribution in [-0.4, -0.2) is 15.6 Å². The van der Waals surface area contributed by atoms with Crippen LogP contribution in [0.3, 0.4) is 0 Å². The van der Waals surface area contributed by atoms with Crippen molar-refractivity contribution in [2.24, 2.45) is 7.05 Å². The normalized spacial score (nSPS) is 12.1. The number of aryl methyl sites for hydroxylation is 1. The second-order valence-electron chi connectivity index (χ2n) is 3.72. The van der Waals surface area contributed by atoms with Gasteiger partial charge in [-0.2, -0.15) is 13.2 Å². The van der Waals surface area contributed by atoms with Crippen molar-refractivity contribution in [3.63, 3.8) is 0 Å². The van der Waals surface area contributed by atoms with E-state index in [1.165, 1.54) is 18.2 Å². The molecule has 0 unspecified atom stereocenters. The van der Waals surface area contributed by atoms with E-state index in [1.54, 1.807) is 0 Å². The number of hydrogen-bond acceptors (Lipinski definition) is 1. The van der Waals surface area contributed by atoms with E-state index >= 15 is 0 Å². The SMILES string of the molecule is Cn1c(C(F)(F)F)c(C(=O)O)c2cccc(Cl)c21. The lowest BCUT2D eigenvalue weighted by Crippen LogP contribution is -2.15. The zero-order chi connectivity index (χ0) is 13.7. The predicted molar refractivity (Wildman–Crippen MR) is 59.9 cm³/mol. The van der Waals surface area contributed by atoms with Crippen molar-refractivity contribution in [3.05, 3.63) is 34.5 Å². The quantitative estimate of drug-likeness (QED) is 0.866. The topological polar surface area (TPSA) is 42.2 Å². The fourth-order valence-corrected chi connectivity index (χ4v) is 2.31. The van der Waals surface area contributed by atoms with Crippen LogP contribution in [0.25, 0.3) is 10.9 Å². The number of carboxylic acid groups (broad SMARTS) is 1. The van der Waals surface area contributed by atoms with Crippen LogP contribution >= 0.6 is 11.6 Å². The monoisotopic (exact) mass is 277 g/mol. The fourth-order valence-electron chi connectivity index (χ4n) is 2.01. The third kappa shape index (κ3) is 1.73. The number of carbonyl (C=O) groups is 1. The van der Waals surface area contributed by atoms with E-state index in [1.807, 2.05) is 0 Å². The Morgan fingerprint density at radius 2 is 2.00 bits per heavy atom. The van der Waals surface area contributed by atoms with E-state index in [0.29, 0.717) is 0 Å². The van der Waals surface area contributed by atoms with Crippen molar-refractivity contribution >= 4 is 28.5 Å². The number of nitrogens with zero attached hydrogens (tertiary/aromatic N) is 1. The summed E-state index contributed by atoms with van der Waals surface area (Å²) in [5, 5.41) is 9.03. The largest absolute Gasteiger partial charge is 0.478 e. The molecule has 0 aliphatic rings. The number of rotatable bonds is 1. The lowest BCUT2D eigenvalue weighted by Gasteiger charge is -2.09. The van der Waals surface area contributed by atoms with E-state index in [4.69, 9.17) is 16.7 Å². The predicted octanol–water partition coefficient (Wildman–Crippen LogP) is 3.55. The van der Waals surface area contributed by atoms with Gasteiger partial charge in [0.1, 0.15) is 5.69 Å². The Labute approximate surface area is 104 Å². The van der Waals surface area contributed by atoms with Crippen molar-refractivity contribution in [1.82, 2.24) is 4.57 Å². The number of carboxylic acids is 1. The highest BCUT2D eigenvalue weighted by molar-refractivity contribution is 6.35. The number of alkyl halides is 3. The van der Waals surface area contributed by atoms with Gasteiger partial charge in [0.15, 0.2) is 0 Å². The molecular formula is C11H7ClF3NO2. The van der Waals surface area contributed by atoms with Gasteiger partial charge in [-0.25, -0.2) is 4.79 Å². The molecule has 2 rings (SSSR count). The van der Waals surface area contributed by atoms with Gasteiger partial charge in [0.05, 0.1) is 16.1 Å². The number of benzene rings is 1. The van der Waals surface area contributed by atoms with Crippen molar-refractivity contribution in [3.8, 4) is 0 Å². The van der Waals surface area contributed by atoms with Crippen LogP contribution in [0, 0.1) is 0 Å². The highest BCUT2D eigenvalue weighted by Crippen LogP contribution is 2.39. The minimum Gasteiger partial charge on any atom is -0.478 e. The first kappa shape index (κ1) is 12.8. The van der Waals surface area contributed by atoms with Gasteiger partial charge in [-0.05, 0) is 6.07 Å². The van der Waals surface area contributed by atoms with Gasteiger partial charge in [0.2, 0.25) is 0 Å². The molecule has 18 heavy (non-hydrogen) atoms. The van der Waals surface area contributed by atoms with E-state index in [0.717, 1.165) is 11.6 Å². The first-order valence-electron chi connectivity index (χ1n) is 4.82. The molecule has 0 fully saturated rings. The number of para-hydroxylation sites is 1. The lowest BCUT2D eigenvalue weighted by atomic mass is 10.1. The van der Waals surface area contributed by atoms with Gasteiger partial charge in [0, 0.05) is 12.4 Å². The zero-order valence-corrected chi connectivity index (χ0v) is 9.80. The highest BCUT2D eigenvalue weighted by Gasteiger charge is 2.40. The maximum absolute atomic E-state index is 12.9. The smallest absolute Gasteiger partial charge is 0.432 e. The maximum Gasteiger partial charge on any atom is 0.432 e. The fraction of sp³-hybridized carbons (Fsp3) is 0.182. The lowest BCUT2D eigenvalue weighted by molar-refractivity contribution is -0.143. The van der Waals surface area contributed by atoms with E-state index in [2.05, 4.69) is 0 Å². The molecule has 0 saturated heterocycles. The number of halogens is 4. The minimum absolute atomic E-state index is 0.0233. The van der Waals surface area contributed by atoms with Crippen molar-refractivity contribution in [2.45, 2.75) is 6.18 Å². The van der Waals surface area contributed by atoms with Gasteiger partial charge in [-0.1, -0.05) is 23.7 Å². The Hall–Kier alpha value is -1.69. The molecule has 1 aromatic carbocycles. The Morgan fingerprint density at radius 3 is 2.50 bits per heavy atom. The first-order chi connectivity index (χ1) is 8.25. The molecule has 0 aliphatic carbocycles. The Balaban J connectivity index is 3.02. The molecule has 1 aromatic heterocycles. The summed E-state index contributed by atoms with van der Waals surface area (Å²) in [5.41, 5.74) is -1.93. The standard InChI is InChI=1S/C11H7ClF3NO2/c1-16-8-5(3-2-4-6(8)12)7(10(17)18)9(16)11(13,14)15/h2-4H,1H3,(H,17,18). The number of hydrogen-bond donors (Lipinski definition) is 1. The van der Waals surface area contributed by atoms with Crippen LogP contribution in [-0.2, 0) is 13.2 Å². The summed E-state index contributed by atoms with van der Waals surface area (Å²) >= 11 is 5.82. The minimum atomic E-state index is -4.76. The number of aromatic carboxylic acids is 1. The van der Waals surface area contributed by atoms with E-state index in [-0.39, 0.29) is 15.9 Å². The molecule has 96 valence electrons. The van der Waals surface area contributed by atoms with Crippen LogP contribution in [0.2, 0.25) is 5.02 Å². The summed E-state index contributed by atoms with van der Waals surface area (Å²) in [6.45, 7) is 0. The molecule has 1 N–H and O–H groups in total. The van der Waals surface area contributed by atoms with Crippen LogP contribution in [0.4, 0.5) is 13.2 Å². The van der Waals surface area contributed by atoms with E-state index < -0.39 is 23.4 Å². The summed E-state index contributed by atoms with van der Waals surface area (Å²) in [6.07, 6.45) is -4.76. The molecule has 1 heterocycles. The highest BCUT2D eigenvalue weighted by atomic mass is 35.5. The van der Waals surface area contributed by atoms with Gasteiger partial charge >= 0.3 is 12.1 Å². The average Bonchev–Trinajstić information content (AvgIpc) is 2.52. The average molecular weight is 278 g/mol. The van der Waals surface area contributed by atoms with Crippen molar-refractivity contribution in [2.75, 3.05) is 0 Å². The van der Waals surface area contributed by atoms with Crippen LogP contribution in [0.5, 0.6) is 0 Å². The number of fused-ring (bicyclic) bond motifs is 1. The number of aromatic nitrogens is 1. The molecule has 0 radical (unpaired) electrons. The molecule has 0 saturated carbocycles. The molecule has 7 heteroatoms. The van der Waals surface area contributed by atoms with Crippen molar-refractivity contribution in [1.29, 1.82) is 0 Å². The molecule has 3 nitrogen and oxygen atoms in total.